The first-order valence-corrected chi connectivity index (χ1v) is 8.91. The second kappa shape index (κ2) is 7.97. The van der Waals surface area contributed by atoms with Crippen LogP contribution in [0, 0.1) is 12.8 Å². The van der Waals surface area contributed by atoms with Crippen LogP contribution in [0.5, 0.6) is 0 Å². The number of aryl methyl sites for hydroxylation is 1. The van der Waals surface area contributed by atoms with Gasteiger partial charge in [-0.05, 0) is 48.3 Å². The molecule has 0 saturated carbocycles. The first kappa shape index (κ1) is 16.5. The van der Waals surface area contributed by atoms with Gasteiger partial charge < -0.3 is 0 Å². The summed E-state index contributed by atoms with van der Waals surface area (Å²) in [4.78, 5) is 0. The Balaban J connectivity index is 1.58. The van der Waals surface area contributed by atoms with Gasteiger partial charge in [0.2, 0.25) is 0 Å². The van der Waals surface area contributed by atoms with Gasteiger partial charge in [-0.1, -0.05) is 97.5 Å². The second-order valence-electron chi connectivity index (χ2n) is 6.78. The average Bonchev–Trinajstić information content (AvgIpc) is 2.87. The molecule has 2 unspecified atom stereocenters. The van der Waals surface area contributed by atoms with Crippen molar-refractivity contribution in [2.75, 3.05) is 0 Å². The maximum absolute atomic E-state index is 2.35. The van der Waals surface area contributed by atoms with Gasteiger partial charge in [0.25, 0.3) is 0 Å². The fourth-order valence-corrected chi connectivity index (χ4v) is 3.17. The summed E-state index contributed by atoms with van der Waals surface area (Å²) in [6, 6.07) is 19.6. The Labute approximate surface area is 146 Å². The van der Waals surface area contributed by atoms with Crippen LogP contribution in [0.2, 0.25) is 0 Å². The molecule has 0 aromatic heterocycles. The molecule has 1 aliphatic carbocycles. The van der Waals surface area contributed by atoms with Crippen molar-refractivity contribution in [1.29, 1.82) is 0 Å². The molecule has 0 heteroatoms. The zero-order valence-corrected chi connectivity index (χ0v) is 14.7. The average molecular weight is 314 g/mol. The van der Waals surface area contributed by atoms with Gasteiger partial charge in [-0.3, -0.25) is 0 Å². The molecule has 0 aliphatic heterocycles. The quantitative estimate of drug-likeness (QED) is 0.575. The van der Waals surface area contributed by atoms with Crippen LogP contribution >= 0.6 is 0 Å². The molecule has 2 aromatic rings. The zero-order valence-electron chi connectivity index (χ0n) is 14.7. The topological polar surface area (TPSA) is 0 Å². The first-order valence-electron chi connectivity index (χ1n) is 8.91. The predicted molar refractivity (Wildman–Crippen MR) is 105 cm³/mol. The lowest BCUT2D eigenvalue weighted by Crippen LogP contribution is -1.98. The van der Waals surface area contributed by atoms with Crippen LogP contribution < -0.4 is 0 Å². The maximum atomic E-state index is 2.35. The Morgan fingerprint density at radius 2 is 1.67 bits per heavy atom. The third kappa shape index (κ3) is 4.35. The smallest absolute Gasteiger partial charge is 0.00468 e. The summed E-state index contributed by atoms with van der Waals surface area (Å²) in [5.74, 6) is 1.13. The summed E-state index contributed by atoms with van der Waals surface area (Å²) in [5.41, 5.74) is 5.36. The van der Waals surface area contributed by atoms with E-state index in [9.17, 15) is 0 Å². The van der Waals surface area contributed by atoms with Crippen molar-refractivity contribution in [3.8, 4) is 0 Å². The van der Waals surface area contributed by atoms with E-state index < -0.39 is 0 Å². The van der Waals surface area contributed by atoms with Crippen LogP contribution in [0.3, 0.4) is 0 Å². The highest BCUT2D eigenvalue weighted by atomic mass is 14.1. The summed E-state index contributed by atoms with van der Waals surface area (Å²) in [6.45, 7) is 4.48. The Kier molecular flexibility index (Phi) is 5.48. The highest BCUT2D eigenvalue weighted by molar-refractivity contribution is 5.75. The van der Waals surface area contributed by atoms with Crippen LogP contribution in [-0.4, -0.2) is 0 Å². The standard InChI is InChI=1S/C24H26/c1-19-11-16-22(17-12-19)20(2)13-14-21-7-6-10-24(18-15-21)23-8-4-3-5-9-23/h3-12,15-18,20-21H,13-14H2,1-2H3. The molecular weight excluding hydrogens is 288 g/mol. The van der Waals surface area contributed by atoms with E-state index in [1.165, 1.54) is 35.1 Å². The van der Waals surface area contributed by atoms with Gasteiger partial charge >= 0.3 is 0 Å². The monoisotopic (exact) mass is 314 g/mol. The van der Waals surface area contributed by atoms with Crippen molar-refractivity contribution in [2.24, 2.45) is 5.92 Å². The van der Waals surface area contributed by atoms with Gasteiger partial charge in [0, 0.05) is 0 Å². The normalized spacial score (nSPS) is 18.1. The molecule has 0 radical (unpaired) electrons. The summed E-state index contributed by atoms with van der Waals surface area (Å²) in [5, 5.41) is 0. The van der Waals surface area contributed by atoms with E-state index in [0.717, 1.165) is 0 Å². The number of allylic oxidation sites excluding steroid dienone is 6. The maximum Gasteiger partial charge on any atom is -0.00468 e. The molecule has 0 spiro atoms. The highest BCUT2D eigenvalue weighted by Gasteiger charge is 2.09. The van der Waals surface area contributed by atoms with Crippen molar-refractivity contribution in [3.05, 3.63) is 102 Å². The molecule has 2 atom stereocenters. The fraction of sp³-hybridized carbons (Fsp3) is 0.250. The van der Waals surface area contributed by atoms with Gasteiger partial charge in [-0.25, -0.2) is 0 Å². The minimum atomic E-state index is 0.523. The van der Waals surface area contributed by atoms with Crippen LogP contribution in [0.1, 0.15) is 42.4 Å². The van der Waals surface area contributed by atoms with Gasteiger partial charge in [0.05, 0.1) is 0 Å². The lowest BCUT2D eigenvalue weighted by molar-refractivity contribution is 0.585. The molecule has 0 N–H and O–H groups in total. The van der Waals surface area contributed by atoms with Gasteiger partial charge in [0.15, 0.2) is 0 Å². The van der Waals surface area contributed by atoms with Crippen molar-refractivity contribution >= 4 is 5.57 Å². The van der Waals surface area contributed by atoms with E-state index in [0.29, 0.717) is 11.8 Å². The molecular formula is C24H26. The summed E-state index contributed by atoms with van der Waals surface area (Å²) in [6.07, 6.45) is 13.8. The molecule has 0 bridgehead atoms. The van der Waals surface area contributed by atoms with E-state index in [1.807, 2.05) is 0 Å². The molecule has 0 fully saturated rings. The van der Waals surface area contributed by atoms with Crippen molar-refractivity contribution in [1.82, 2.24) is 0 Å². The summed E-state index contributed by atoms with van der Waals surface area (Å²) >= 11 is 0. The zero-order chi connectivity index (χ0) is 16.8. The minimum Gasteiger partial charge on any atom is -0.0776 e. The summed E-state index contributed by atoms with van der Waals surface area (Å²) in [7, 11) is 0. The number of hydrogen-bond acceptors (Lipinski definition) is 0. The van der Waals surface area contributed by atoms with Crippen LogP contribution in [0.15, 0.2) is 85.0 Å². The van der Waals surface area contributed by atoms with Crippen molar-refractivity contribution in [2.45, 2.75) is 32.6 Å². The number of hydrogen-bond donors (Lipinski definition) is 0. The van der Waals surface area contributed by atoms with Crippen molar-refractivity contribution < 1.29 is 0 Å². The van der Waals surface area contributed by atoms with Crippen molar-refractivity contribution in [3.63, 3.8) is 0 Å². The fourth-order valence-electron chi connectivity index (χ4n) is 3.17. The lowest BCUT2D eigenvalue weighted by Gasteiger charge is -2.14. The molecule has 3 rings (SSSR count). The molecule has 2 aromatic carbocycles. The second-order valence-corrected chi connectivity index (χ2v) is 6.78. The van der Waals surface area contributed by atoms with E-state index in [-0.39, 0.29) is 0 Å². The highest BCUT2D eigenvalue weighted by Crippen LogP contribution is 2.26. The van der Waals surface area contributed by atoms with E-state index >= 15 is 0 Å². The Morgan fingerprint density at radius 3 is 2.42 bits per heavy atom. The third-order valence-corrected chi connectivity index (χ3v) is 4.84. The van der Waals surface area contributed by atoms with Gasteiger partial charge in [-0.15, -0.1) is 0 Å². The largest absolute Gasteiger partial charge is 0.0776 e. The molecule has 0 amide bonds. The minimum absolute atomic E-state index is 0.523. The molecule has 0 heterocycles. The third-order valence-electron chi connectivity index (χ3n) is 4.84. The van der Waals surface area contributed by atoms with Gasteiger partial charge in [-0.2, -0.15) is 0 Å². The molecule has 24 heavy (non-hydrogen) atoms. The number of benzene rings is 2. The van der Waals surface area contributed by atoms with E-state index in [2.05, 4.69) is 98.8 Å². The number of rotatable bonds is 5. The Hall–Kier alpha value is -2.34. The van der Waals surface area contributed by atoms with Crippen LogP contribution in [0.25, 0.3) is 5.57 Å². The van der Waals surface area contributed by atoms with Crippen LogP contribution in [-0.2, 0) is 0 Å². The molecule has 122 valence electrons. The van der Waals surface area contributed by atoms with E-state index in [1.54, 1.807) is 0 Å². The molecule has 0 saturated heterocycles. The lowest BCUT2D eigenvalue weighted by atomic mass is 9.91. The Bertz CT molecular complexity index is 729. The predicted octanol–water partition coefficient (Wildman–Crippen LogP) is 6.70. The molecule has 0 nitrogen and oxygen atoms in total. The van der Waals surface area contributed by atoms with E-state index in [4.69, 9.17) is 0 Å². The summed E-state index contributed by atoms with van der Waals surface area (Å²) < 4.78 is 0. The van der Waals surface area contributed by atoms with Crippen LogP contribution in [0.4, 0.5) is 0 Å². The Morgan fingerprint density at radius 1 is 0.917 bits per heavy atom. The first-order chi connectivity index (χ1) is 11.7. The van der Waals surface area contributed by atoms with Gasteiger partial charge in [0.1, 0.15) is 0 Å². The SMILES string of the molecule is Cc1ccc(C(C)CCC2C=CC=C(c3ccccc3)C=C2)cc1. The molecule has 1 aliphatic rings.